The Labute approximate surface area is 129 Å². The molecule has 0 saturated carbocycles. The normalized spacial score (nSPS) is 20.3. The number of sulfone groups is 1. The lowest BCUT2D eigenvalue weighted by Gasteiger charge is -2.08. The van der Waals surface area contributed by atoms with Crippen LogP contribution in [0.5, 0.6) is 0 Å². The van der Waals surface area contributed by atoms with Crippen LogP contribution in [0.25, 0.3) is 10.9 Å². The van der Waals surface area contributed by atoms with E-state index >= 15 is 0 Å². The van der Waals surface area contributed by atoms with Crippen molar-refractivity contribution in [1.82, 2.24) is 15.1 Å². The van der Waals surface area contributed by atoms with Gasteiger partial charge in [0.15, 0.2) is 9.84 Å². The molecule has 2 aromatic rings. The molecular formula is C15H19N3O3S. The Morgan fingerprint density at radius 2 is 2.18 bits per heavy atom. The SMILES string of the molecule is CCn1nc(CNC(=O)C2CCS(=O)(=O)C2)c2ccccc21. The molecule has 1 aromatic carbocycles. The molecule has 1 fully saturated rings. The Morgan fingerprint density at radius 1 is 1.41 bits per heavy atom. The fraction of sp³-hybridized carbons (Fsp3) is 0.467. The van der Waals surface area contributed by atoms with E-state index in [0.29, 0.717) is 13.0 Å². The van der Waals surface area contributed by atoms with Crippen molar-refractivity contribution in [3.8, 4) is 0 Å². The number of amides is 1. The van der Waals surface area contributed by atoms with Crippen LogP contribution in [-0.4, -0.2) is 35.6 Å². The number of carbonyl (C=O) groups is 1. The Hall–Kier alpha value is -1.89. The zero-order valence-electron chi connectivity index (χ0n) is 12.4. The highest BCUT2D eigenvalue weighted by atomic mass is 32.2. The van der Waals surface area contributed by atoms with E-state index in [1.54, 1.807) is 0 Å². The lowest BCUT2D eigenvalue weighted by Crippen LogP contribution is -2.31. The van der Waals surface area contributed by atoms with Gasteiger partial charge in [0.2, 0.25) is 5.91 Å². The van der Waals surface area contributed by atoms with Gasteiger partial charge in [-0.25, -0.2) is 8.42 Å². The molecule has 7 heteroatoms. The second-order valence-electron chi connectivity index (χ2n) is 5.60. The molecule has 1 amide bonds. The molecule has 1 unspecified atom stereocenters. The summed E-state index contributed by atoms with van der Waals surface area (Å²) in [6.07, 6.45) is 0.415. The molecule has 1 saturated heterocycles. The van der Waals surface area contributed by atoms with Gasteiger partial charge in [-0.05, 0) is 19.4 Å². The zero-order valence-corrected chi connectivity index (χ0v) is 13.3. The van der Waals surface area contributed by atoms with E-state index in [9.17, 15) is 13.2 Å². The van der Waals surface area contributed by atoms with Crippen molar-refractivity contribution in [1.29, 1.82) is 0 Å². The quantitative estimate of drug-likeness (QED) is 0.914. The molecule has 3 rings (SSSR count). The lowest BCUT2D eigenvalue weighted by atomic mass is 10.1. The number of hydrogen-bond donors (Lipinski definition) is 1. The molecule has 0 aliphatic carbocycles. The fourth-order valence-corrected chi connectivity index (χ4v) is 4.63. The highest BCUT2D eigenvalue weighted by Crippen LogP contribution is 2.20. The third kappa shape index (κ3) is 2.85. The lowest BCUT2D eigenvalue weighted by molar-refractivity contribution is -0.124. The van der Waals surface area contributed by atoms with Crippen LogP contribution < -0.4 is 5.32 Å². The number of fused-ring (bicyclic) bond motifs is 1. The average Bonchev–Trinajstić information content (AvgIpc) is 3.05. The van der Waals surface area contributed by atoms with Crippen LogP contribution >= 0.6 is 0 Å². The summed E-state index contributed by atoms with van der Waals surface area (Å²) in [6, 6.07) is 7.89. The first-order valence-electron chi connectivity index (χ1n) is 7.42. The van der Waals surface area contributed by atoms with Gasteiger partial charge < -0.3 is 5.32 Å². The smallest absolute Gasteiger partial charge is 0.224 e. The van der Waals surface area contributed by atoms with Gasteiger partial charge in [0.25, 0.3) is 0 Å². The number of aryl methyl sites for hydroxylation is 1. The molecule has 0 spiro atoms. The second-order valence-corrected chi connectivity index (χ2v) is 7.83. The van der Waals surface area contributed by atoms with Crippen LogP contribution in [-0.2, 0) is 27.7 Å². The van der Waals surface area contributed by atoms with Crippen molar-refractivity contribution in [2.75, 3.05) is 11.5 Å². The van der Waals surface area contributed by atoms with E-state index in [4.69, 9.17) is 0 Å². The van der Waals surface area contributed by atoms with Gasteiger partial charge in [0.05, 0.1) is 35.2 Å². The van der Waals surface area contributed by atoms with Crippen LogP contribution in [0.2, 0.25) is 0 Å². The highest BCUT2D eigenvalue weighted by molar-refractivity contribution is 7.91. The molecule has 2 heterocycles. The van der Waals surface area contributed by atoms with Crippen molar-refractivity contribution in [3.63, 3.8) is 0 Å². The van der Waals surface area contributed by atoms with E-state index in [2.05, 4.69) is 10.4 Å². The van der Waals surface area contributed by atoms with E-state index in [-0.39, 0.29) is 17.4 Å². The van der Waals surface area contributed by atoms with Gasteiger partial charge in [0, 0.05) is 11.9 Å². The number of nitrogens with one attached hydrogen (secondary N) is 1. The van der Waals surface area contributed by atoms with Crippen molar-refractivity contribution in [2.45, 2.75) is 26.4 Å². The first kappa shape index (κ1) is 15.0. The molecule has 1 aliphatic rings. The summed E-state index contributed by atoms with van der Waals surface area (Å²) in [5.74, 6) is -0.553. The topological polar surface area (TPSA) is 81.1 Å². The number of nitrogens with zero attached hydrogens (tertiary/aromatic N) is 2. The van der Waals surface area contributed by atoms with Crippen LogP contribution in [0.15, 0.2) is 24.3 Å². The van der Waals surface area contributed by atoms with E-state index < -0.39 is 15.8 Å². The summed E-state index contributed by atoms with van der Waals surface area (Å²) >= 11 is 0. The second kappa shape index (κ2) is 5.72. The minimum atomic E-state index is -3.04. The van der Waals surface area contributed by atoms with Gasteiger partial charge in [-0.3, -0.25) is 9.48 Å². The first-order valence-corrected chi connectivity index (χ1v) is 9.25. The average molecular weight is 321 g/mol. The number of carbonyl (C=O) groups excluding carboxylic acids is 1. The monoisotopic (exact) mass is 321 g/mol. The largest absolute Gasteiger partial charge is 0.350 e. The first-order chi connectivity index (χ1) is 10.5. The number of para-hydroxylation sites is 1. The fourth-order valence-electron chi connectivity index (χ4n) is 2.88. The molecule has 0 bridgehead atoms. The van der Waals surface area contributed by atoms with Gasteiger partial charge in [-0.15, -0.1) is 0 Å². The molecule has 1 aromatic heterocycles. The molecule has 6 nitrogen and oxygen atoms in total. The van der Waals surface area contributed by atoms with Crippen LogP contribution in [0, 0.1) is 5.92 Å². The molecule has 1 aliphatic heterocycles. The number of hydrogen-bond acceptors (Lipinski definition) is 4. The summed E-state index contributed by atoms with van der Waals surface area (Å²) in [5, 5.41) is 8.37. The van der Waals surface area contributed by atoms with Gasteiger partial charge >= 0.3 is 0 Å². The molecular weight excluding hydrogens is 302 g/mol. The highest BCUT2D eigenvalue weighted by Gasteiger charge is 2.32. The Kier molecular flexibility index (Phi) is 3.90. The maximum atomic E-state index is 12.1. The minimum absolute atomic E-state index is 0.0387. The summed E-state index contributed by atoms with van der Waals surface area (Å²) < 4.78 is 24.8. The summed E-state index contributed by atoms with van der Waals surface area (Å²) in [6.45, 7) is 3.10. The van der Waals surface area contributed by atoms with Gasteiger partial charge in [-0.1, -0.05) is 18.2 Å². The van der Waals surface area contributed by atoms with Crippen molar-refractivity contribution in [3.05, 3.63) is 30.0 Å². The van der Waals surface area contributed by atoms with Gasteiger partial charge in [-0.2, -0.15) is 5.10 Å². The summed E-state index contributed by atoms with van der Waals surface area (Å²) in [7, 11) is -3.04. The Bertz CT molecular complexity index is 811. The van der Waals surface area contributed by atoms with Crippen LogP contribution in [0.1, 0.15) is 19.0 Å². The maximum absolute atomic E-state index is 12.1. The van der Waals surface area contributed by atoms with Crippen LogP contribution in [0.4, 0.5) is 0 Å². The zero-order chi connectivity index (χ0) is 15.7. The van der Waals surface area contributed by atoms with Gasteiger partial charge in [0.1, 0.15) is 0 Å². The van der Waals surface area contributed by atoms with Crippen molar-refractivity contribution in [2.24, 2.45) is 5.92 Å². The van der Waals surface area contributed by atoms with E-state index in [1.165, 1.54) is 0 Å². The number of rotatable bonds is 4. The van der Waals surface area contributed by atoms with Crippen molar-refractivity contribution < 1.29 is 13.2 Å². The predicted octanol–water partition coefficient (Wildman–Crippen LogP) is 1.11. The molecule has 1 N–H and O–H groups in total. The predicted molar refractivity (Wildman–Crippen MR) is 84.0 cm³/mol. The third-order valence-corrected chi connectivity index (χ3v) is 5.84. The maximum Gasteiger partial charge on any atom is 0.224 e. The summed E-state index contributed by atoms with van der Waals surface area (Å²) in [4.78, 5) is 12.1. The minimum Gasteiger partial charge on any atom is -0.350 e. The summed E-state index contributed by atoms with van der Waals surface area (Å²) in [5.41, 5.74) is 1.85. The van der Waals surface area contributed by atoms with E-state index in [0.717, 1.165) is 23.1 Å². The Morgan fingerprint density at radius 3 is 2.86 bits per heavy atom. The molecule has 118 valence electrons. The molecule has 0 radical (unpaired) electrons. The Balaban J connectivity index is 1.73. The number of aromatic nitrogens is 2. The molecule has 22 heavy (non-hydrogen) atoms. The third-order valence-electron chi connectivity index (χ3n) is 4.07. The van der Waals surface area contributed by atoms with E-state index in [1.807, 2.05) is 35.9 Å². The standard InChI is InChI=1S/C15H19N3O3S/c1-2-18-14-6-4-3-5-12(14)13(17-18)9-16-15(19)11-7-8-22(20,21)10-11/h3-6,11H,2,7-10H2,1H3,(H,16,19). The molecule has 1 atom stereocenters. The van der Waals surface area contributed by atoms with Crippen molar-refractivity contribution >= 4 is 26.6 Å². The number of benzene rings is 1. The van der Waals surface area contributed by atoms with Crippen LogP contribution in [0.3, 0.4) is 0 Å².